The lowest BCUT2D eigenvalue weighted by Gasteiger charge is -2.15. The molecule has 0 aromatic heterocycles. The smallest absolute Gasteiger partial charge is 0.407 e. The molecule has 0 saturated heterocycles. The number of hydrogen-bond acceptors (Lipinski definition) is 5. The minimum atomic E-state index is -3.90. The molecular weight excluding hydrogens is 356 g/mol. The molecule has 0 fully saturated rings. The van der Waals surface area contributed by atoms with Crippen LogP contribution in [0.4, 0.5) is 4.79 Å². The number of nitrogens with one attached hydrogen (secondary N) is 1. The van der Waals surface area contributed by atoms with E-state index < -0.39 is 16.1 Å². The topological polar surface area (TPSA) is 108 Å². The van der Waals surface area contributed by atoms with E-state index in [-0.39, 0.29) is 23.3 Å². The largest absolute Gasteiger partial charge is 0.495 e. The summed E-state index contributed by atoms with van der Waals surface area (Å²) >= 11 is 0. The van der Waals surface area contributed by atoms with Crippen LogP contribution in [0.3, 0.4) is 0 Å². The minimum absolute atomic E-state index is 0.0867. The van der Waals surface area contributed by atoms with Crippen molar-refractivity contribution in [3.63, 3.8) is 0 Å². The van der Waals surface area contributed by atoms with E-state index in [4.69, 9.17) is 14.6 Å². The Morgan fingerprint density at radius 2 is 1.85 bits per heavy atom. The van der Waals surface area contributed by atoms with Crippen molar-refractivity contribution in [3.05, 3.63) is 59.7 Å². The van der Waals surface area contributed by atoms with Gasteiger partial charge in [-0.1, -0.05) is 36.4 Å². The van der Waals surface area contributed by atoms with E-state index in [0.717, 1.165) is 5.56 Å². The van der Waals surface area contributed by atoms with E-state index in [2.05, 4.69) is 5.32 Å². The average molecular weight is 378 g/mol. The van der Waals surface area contributed by atoms with E-state index in [0.29, 0.717) is 12.0 Å². The molecule has 7 nitrogen and oxygen atoms in total. The minimum Gasteiger partial charge on any atom is -0.495 e. The Balaban J connectivity index is 1.94. The number of alkyl carbamates (subject to hydrolysis) is 1. The molecule has 0 bridgehead atoms. The number of benzene rings is 2. The van der Waals surface area contributed by atoms with Crippen LogP contribution in [0.2, 0.25) is 0 Å². The second-order valence-corrected chi connectivity index (χ2v) is 7.37. The Kier molecular flexibility index (Phi) is 6.59. The van der Waals surface area contributed by atoms with Crippen molar-refractivity contribution in [3.8, 4) is 5.75 Å². The summed E-state index contributed by atoms with van der Waals surface area (Å²) in [5.74, 6) is 0.180. The highest BCUT2D eigenvalue weighted by atomic mass is 32.2. The highest BCUT2D eigenvalue weighted by Gasteiger charge is 2.17. The third-order valence-corrected chi connectivity index (χ3v) is 4.59. The number of ether oxygens (including phenoxy) is 2. The molecule has 2 aromatic rings. The number of sulfonamides is 1. The van der Waals surface area contributed by atoms with E-state index in [9.17, 15) is 13.2 Å². The van der Waals surface area contributed by atoms with Crippen molar-refractivity contribution in [2.75, 3.05) is 7.11 Å². The Bertz CT molecular complexity index is 853. The average Bonchev–Trinajstić information content (AvgIpc) is 2.60. The summed E-state index contributed by atoms with van der Waals surface area (Å²) in [5.41, 5.74) is 1.59. The van der Waals surface area contributed by atoms with Gasteiger partial charge in [0.05, 0.1) is 7.11 Å². The van der Waals surface area contributed by atoms with Gasteiger partial charge in [0.1, 0.15) is 17.3 Å². The van der Waals surface area contributed by atoms with Gasteiger partial charge in [0.15, 0.2) is 0 Å². The Hall–Kier alpha value is -2.58. The fraction of sp³-hybridized carbons (Fsp3) is 0.278. The van der Waals surface area contributed by atoms with Crippen LogP contribution in [0, 0.1) is 0 Å². The quantitative estimate of drug-likeness (QED) is 0.768. The fourth-order valence-corrected chi connectivity index (χ4v) is 3.19. The Labute approximate surface area is 153 Å². The molecule has 1 unspecified atom stereocenters. The number of amides is 1. The zero-order valence-corrected chi connectivity index (χ0v) is 15.5. The molecule has 0 aliphatic carbocycles. The molecular formula is C18H22N2O5S. The standard InChI is InChI=1S/C18H22N2O5S/c1-13(20-18(21)25-12-14-6-4-3-5-7-14)10-15-8-9-16(24-2)17(11-15)26(19,22)23/h3-9,11,13H,10,12H2,1-2H3,(H,20,21)(H2,19,22,23). The van der Waals surface area contributed by atoms with Gasteiger partial charge in [-0.15, -0.1) is 0 Å². The van der Waals surface area contributed by atoms with Gasteiger partial charge in [-0.3, -0.25) is 0 Å². The summed E-state index contributed by atoms with van der Waals surface area (Å²) in [6.45, 7) is 1.97. The zero-order valence-electron chi connectivity index (χ0n) is 14.6. The summed E-state index contributed by atoms with van der Waals surface area (Å²) in [6.07, 6.45) is -0.131. The number of nitrogens with two attached hydrogens (primary N) is 1. The molecule has 26 heavy (non-hydrogen) atoms. The fourth-order valence-electron chi connectivity index (χ4n) is 2.44. The molecule has 8 heteroatoms. The second kappa shape index (κ2) is 8.68. The SMILES string of the molecule is COc1ccc(CC(C)NC(=O)OCc2ccccc2)cc1S(N)(=O)=O. The van der Waals surface area contributed by atoms with Crippen LogP contribution in [-0.4, -0.2) is 27.7 Å². The number of rotatable bonds is 7. The summed E-state index contributed by atoms with van der Waals surface area (Å²) < 4.78 is 33.5. The van der Waals surface area contributed by atoms with Gasteiger partial charge in [-0.05, 0) is 36.6 Å². The first-order valence-electron chi connectivity index (χ1n) is 7.96. The zero-order chi connectivity index (χ0) is 19.2. The van der Waals surface area contributed by atoms with Crippen LogP contribution >= 0.6 is 0 Å². The van der Waals surface area contributed by atoms with E-state index in [1.54, 1.807) is 13.0 Å². The molecule has 140 valence electrons. The van der Waals surface area contributed by atoms with Crippen molar-refractivity contribution < 1.29 is 22.7 Å². The molecule has 1 atom stereocenters. The second-order valence-electron chi connectivity index (χ2n) is 5.84. The van der Waals surface area contributed by atoms with Gasteiger partial charge in [0, 0.05) is 6.04 Å². The van der Waals surface area contributed by atoms with Gasteiger partial charge in [0.2, 0.25) is 10.0 Å². The summed E-state index contributed by atoms with van der Waals surface area (Å²) in [6, 6.07) is 13.8. The first-order valence-corrected chi connectivity index (χ1v) is 9.51. The molecule has 2 aromatic carbocycles. The van der Waals surface area contributed by atoms with Crippen LogP contribution in [0.25, 0.3) is 0 Å². The third-order valence-electron chi connectivity index (χ3n) is 3.65. The van der Waals surface area contributed by atoms with Gasteiger partial charge in [0.25, 0.3) is 0 Å². The third kappa shape index (κ3) is 5.75. The van der Waals surface area contributed by atoms with Crippen LogP contribution in [0.5, 0.6) is 5.75 Å². The van der Waals surface area contributed by atoms with Gasteiger partial charge >= 0.3 is 6.09 Å². The Morgan fingerprint density at radius 3 is 2.46 bits per heavy atom. The van der Waals surface area contributed by atoms with Crippen molar-refractivity contribution in [1.29, 1.82) is 0 Å². The maximum atomic E-state index is 11.9. The molecule has 1 amide bonds. The summed E-state index contributed by atoms with van der Waals surface area (Å²) in [5, 5.41) is 7.92. The maximum Gasteiger partial charge on any atom is 0.407 e. The molecule has 2 rings (SSSR count). The van der Waals surface area contributed by atoms with Gasteiger partial charge < -0.3 is 14.8 Å². The number of hydrogen-bond donors (Lipinski definition) is 2. The summed E-state index contributed by atoms with van der Waals surface area (Å²) in [4.78, 5) is 11.8. The molecule has 0 spiro atoms. The van der Waals surface area contributed by atoms with E-state index >= 15 is 0 Å². The van der Waals surface area contributed by atoms with Crippen molar-refractivity contribution in [2.45, 2.75) is 30.9 Å². The normalized spacial score (nSPS) is 12.3. The van der Waals surface area contributed by atoms with E-state index in [1.165, 1.54) is 19.2 Å². The van der Waals surface area contributed by atoms with Crippen LogP contribution < -0.4 is 15.2 Å². The lowest BCUT2D eigenvalue weighted by atomic mass is 10.1. The monoisotopic (exact) mass is 378 g/mol. The predicted molar refractivity (Wildman–Crippen MR) is 97.3 cm³/mol. The van der Waals surface area contributed by atoms with Gasteiger partial charge in [-0.25, -0.2) is 18.4 Å². The lowest BCUT2D eigenvalue weighted by Crippen LogP contribution is -2.34. The number of carbonyl (C=O) groups is 1. The van der Waals surface area contributed by atoms with E-state index in [1.807, 2.05) is 30.3 Å². The molecule has 3 N–H and O–H groups in total. The molecule has 0 heterocycles. The first kappa shape index (κ1) is 19.7. The van der Waals surface area contributed by atoms with Crippen molar-refractivity contribution in [1.82, 2.24) is 5.32 Å². The molecule has 0 saturated carbocycles. The van der Waals surface area contributed by atoms with Gasteiger partial charge in [-0.2, -0.15) is 0 Å². The summed E-state index contributed by atoms with van der Waals surface area (Å²) in [7, 11) is -2.53. The predicted octanol–water partition coefficient (Wildman–Crippen LogP) is 2.20. The molecule has 0 aliphatic heterocycles. The van der Waals surface area contributed by atoms with Crippen molar-refractivity contribution >= 4 is 16.1 Å². The van der Waals surface area contributed by atoms with Crippen LogP contribution in [-0.2, 0) is 27.8 Å². The number of carbonyl (C=O) groups excluding carboxylic acids is 1. The Morgan fingerprint density at radius 1 is 1.15 bits per heavy atom. The first-order chi connectivity index (χ1) is 12.3. The highest BCUT2D eigenvalue weighted by molar-refractivity contribution is 7.89. The maximum absolute atomic E-state index is 11.9. The lowest BCUT2D eigenvalue weighted by molar-refractivity contribution is 0.136. The van der Waals surface area contributed by atoms with Crippen LogP contribution in [0.1, 0.15) is 18.1 Å². The number of methoxy groups -OCH3 is 1. The highest BCUT2D eigenvalue weighted by Crippen LogP contribution is 2.24. The molecule has 0 radical (unpaired) electrons. The van der Waals surface area contributed by atoms with Crippen molar-refractivity contribution in [2.24, 2.45) is 5.14 Å². The molecule has 0 aliphatic rings. The number of primary sulfonamides is 1. The van der Waals surface area contributed by atoms with Crippen LogP contribution in [0.15, 0.2) is 53.4 Å².